The van der Waals surface area contributed by atoms with Crippen molar-refractivity contribution in [3.05, 3.63) is 35.5 Å². The highest BCUT2D eigenvalue weighted by atomic mass is 28.4. The Morgan fingerprint density at radius 3 is 2.13 bits per heavy atom. The van der Waals surface area contributed by atoms with Gasteiger partial charge in [-0.15, -0.1) is 0 Å². The first-order valence-electron chi connectivity index (χ1n) is 15.6. The van der Waals surface area contributed by atoms with Crippen LogP contribution < -0.4 is 0 Å². The van der Waals surface area contributed by atoms with Gasteiger partial charge in [0.1, 0.15) is 6.29 Å². The summed E-state index contributed by atoms with van der Waals surface area (Å²) in [6, 6.07) is 0. The van der Waals surface area contributed by atoms with Crippen molar-refractivity contribution in [2.24, 2.45) is 23.2 Å². The molecular formula is C34H60O3Si2. The number of hydrogen-bond acceptors (Lipinski definition) is 3. The molecule has 0 heterocycles. The fraction of sp³-hybridized carbons (Fsp3) is 0.794. The van der Waals surface area contributed by atoms with E-state index in [1.807, 2.05) is 0 Å². The molecule has 0 unspecified atom stereocenters. The molecule has 39 heavy (non-hydrogen) atoms. The van der Waals surface area contributed by atoms with Gasteiger partial charge in [-0.05, 0) is 103 Å². The Balaban J connectivity index is 1.93. The van der Waals surface area contributed by atoms with Crippen LogP contribution in [0.2, 0.25) is 36.3 Å². The van der Waals surface area contributed by atoms with Crippen LogP contribution in [-0.2, 0) is 13.6 Å². The van der Waals surface area contributed by atoms with Gasteiger partial charge in [0, 0.05) is 12.3 Å². The minimum Gasteiger partial charge on any atom is -0.413 e. The van der Waals surface area contributed by atoms with Crippen LogP contribution >= 0.6 is 0 Å². The van der Waals surface area contributed by atoms with Crippen LogP contribution in [0, 0.1) is 23.2 Å². The van der Waals surface area contributed by atoms with E-state index in [0.29, 0.717) is 11.8 Å². The Labute approximate surface area is 243 Å². The SMILES string of the molecule is C=C1/C(=C\C=C2\CCC[C@]3(C)[C@@H]([C@H](C)C=O)CC[C@@H]23)C[C@@H](O[Si](C)(C)C(C)(C)C)C[C@@H]1O[Si](C)(C)C(C)(C)C. The first-order chi connectivity index (χ1) is 17.7. The molecule has 0 bridgehead atoms. The van der Waals surface area contributed by atoms with Crippen molar-refractivity contribution in [3.8, 4) is 0 Å². The molecule has 0 aromatic carbocycles. The fourth-order valence-electron chi connectivity index (χ4n) is 7.00. The summed E-state index contributed by atoms with van der Waals surface area (Å²) in [5, 5.41) is 0.323. The largest absolute Gasteiger partial charge is 0.413 e. The summed E-state index contributed by atoms with van der Waals surface area (Å²) in [5.41, 5.74) is 4.29. The first-order valence-corrected chi connectivity index (χ1v) is 21.4. The molecule has 3 rings (SSSR count). The van der Waals surface area contributed by atoms with Gasteiger partial charge in [-0.25, -0.2) is 0 Å². The van der Waals surface area contributed by atoms with E-state index in [1.54, 1.807) is 5.57 Å². The van der Waals surface area contributed by atoms with Gasteiger partial charge in [0.25, 0.3) is 0 Å². The summed E-state index contributed by atoms with van der Waals surface area (Å²) in [5.74, 6) is 1.24. The van der Waals surface area contributed by atoms with Crippen molar-refractivity contribution < 1.29 is 13.6 Å². The van der Waals surface area contributed by atoms with E-state index < -0.39 is 16.6 Å². The quantitative estimate of drug-likeness (QED) is 0.225. The molecule has 0 saturated heterocycles. The van der Waals surface area contributed by atoms with Crippen molar-refractivity contribution in [3.63, 3.8) is 0 Å². The maximum Gasteiger partial charge on any atom is 0.192 e. The zero-order valence-corrected chi connectivity index (χ0v) is 29.5. The van der Waals surface area contributed by atoms with Gasteiger partial charge in [0.05, 0.1) is 12.2 Å². The molecule has 3 aliphatic rings. The Hall–Kier alpha value is -0.756. The number of aldehydes is 1. The molecule has 0 radical (unpaired) electrons. The summed E-state index contributed by atoms with van der Waals surface area (Å²) in [6.45, 7) is 32.6. The lowest BCUT2D eigenvalue weighted by Gasteiger charge is -2.45. The smallest absolute Gasteiger partial charge is 0.192 e. The third-order valence-corrected chi connectivity index (χ3v) is 20.6. The maximum atomic E-state index is 11.7. The molecule has 0 N–H and O–H groups in total. The fourth-order valence-corrected chi connectivity index (χ4v) is 9.67. The lowest BCUT2D eigenvalue weighted by Crippen LogP contribution is -2.49. The van der Waals surface area contributed by atoms with E-state index in [9.17, 15) is 4.79 Å². The maximum absolute atomic E-state index is 11.7. The van der Waals surface area contributed by atoms with Crippen LogP contribution in [-0.4, -0.2) is 35.1 Å². The lowest BCUT2D eigenvalue weighted by atomic mass is 9.61. The molecule has 6 atom stereocenters. The zero-order chi connectivity index (χ0) is 29.6. The van der Waals surface area contributed by atoms with Crippen molar-refractivity contribution in [2.45, 2.75) is 149 Å². The summed E-state index contributed by atoms with van der Waals surface area (Å²) < 4.78 is 14.0. The predicted octanol–water partition coefficient (Wildman–Crippen LogP) is 10.0. The molecule has 3 nitrogen and oxygen atoms in total. The number of rotatable bonds is 7. The minimum absolute atomic E-state index is 0.0139. The Bertz CT molecular complexity index is 977. The summed E-state index contributed by atoms with van der Waals surface area (Å²) in [6.07, 6.45) is 14.0. The highest BCUT2D eigenvalue weighted by Gasteiger charge is 2.51. The average molecular weight is 573 g/mol. The van der Waals surface area contributed by atoms with Crippen molar-refractivity contribution >= 4 is 22.9 Å². The molecule has 3 fully saturated rings. The number of allylic oxidation sites excluding steroid dienone is 3. The standard InChI is InChI=1S/C34H60O3Si2/c1-24(23-35)29-18-19-30-26(15-14-20-34(29,30)9)16-17-27-21-28(36-38(10,11)32(3,4)5)22-31(25(27)2)37-39(12,13)33(6,7)8/h16-17,23-24,28-31H,2,14-15,18-22H2,1,3-13H3/b26-16-,27-17-/t24-,28-,29-,30+,31+,34-/m1/s1. The summed E-state index contributed by atoms with van der Waals surface area (Å²) >= 11 is 0. The lowest BCUT2D eigenvalue weighted by molar-refractivity contribution is -0.113. The van der Waals surface area contributed by atoms with Crippen LogP contribution in [0.1, 0.15) is 100 Å². The molecule has 3 aliphatic carbocycles. The third-order valence-electron chi connectivity index (χ3n) is 11.6. The molecule has 0 spiro atoms. The predicted molar refractivity (Wildman–Crippen MR) is 172 cm³/mol. The highest BCUT2D eigenvalue weighted by Crippen LogP contribution is 2.59. The monoisotopic (exact) mass is 572 g/mol. The molecular weight excluding hydrogens is 513 g/mol. The van der Waals surface area contributed by atoms with Crippen molar-refractivity contribution in [1.82, 2.24) is 0 Å². The van der Waals surface area contributed by atoms with E-state index in [2.05, 4.69) is 100 Å². The van der Waals surface area contributed by atoms with E-state index in [4.69, 9.17) is 8.85 Å². The third kappa shape index (κ3) is 6.84. The second-order valence-electron chi connectivity index (χ2n) is 16.4. The average Bonchev–Trinajstić information content (AvgIpc) is 3.15. The molecule has 0 aromatic rings. The summed E-state index contributed by atoms with van der Waals surface area (Å²) in [4.78, 5) is 11.7. The van der Waals surface area contributed by atoms with Crippen LogP contribution in [0.15, 0.2) is 35.5 Å². The van der Waals surface area contributed by atoms with Gasteiger partial charge in [0.2, 0.25) is 0 Å². The minimum atomic E-state index is -1.97. The van der Waals surface area contributed by atoms with Gasteiger partial charge in [0.15, 0.2) is 16.6 Å². The normalized spacial score (nSPS) is 33.9. The first kappa shape index (κ1) is 32.8. The number of hydrogen-bond donors (Lipinski definition) is 0. The van der Waals surface area contributed by atoms with Gasteiger partial charge in [-0.2, -0.15) is 0 Å². The Morgan fingerprint density at radius 2 is 1.56 bits per heavy atom. The van der Waals surface area contributed by atoms with E-state index in [0.717, 1.165) is 18.4 Å². The number of fused-ring (bicyclic) bond motifs is 1. The topological polar surface area (TPSA) is 35.5 Å². The van der Waals surface area contributed by atoms with E-state index in [-0.39, 0.29) is 33.6 Å². The van der Waals surface area contributed by atoms with Gasteiger partial charge >= 0.3 is 0 Å². The second kappa shape index (κ2) is 11.5. The molecule has 222 valence electrons. The van der Waals surface area contributed by atoms with Gasteiger partial charge < -0.3 is 13.6 Å². The molecule has 0 aliphatic heterocycles. The van der Waals surface area contributed by atoms with Crippen LogP contribution in [0.25, 0.3) is 0 Å². The van der Waals surface area contributed by atoms with Crippen LogP contribution in [0.3, 0.4) is 0 Å². The van der Waals surface area contributed by atoms with Crippen molar-refractivity contribution in [1.29, 1.82) is 0 Å². The second-order valence-corrected chi connectivity index (χ2v) is 25.9. The zero-order valence-electron chi connectivity index (χ0n) is 27.5. The van der Waals surface area contributed by atoms with Gasteiger partial charge in [-0.1, -0.05) is 79.7 Å². The molecule has 0 aromatic heterocycles. The van der Waals surface area contributed by atoms with E-state index >= 15 is 0 Å². The van der Waals surface area contributed by atoms with Crippen molar-refractivity contribution in [2.75, 3.05) is 0 Å². The summed E-state index contributed by atoms with van der Waals surface area (Å²) in [7, 11) is -3.89. The van der Waals surface area contributed by atoms with Crippen LogP contribution in [0.4, 0.5) is 0 Å². The highest BCUT2D eigenvalue weighted by molar-refractivity contribution is 6.74. The van der Waals surface area contributed by atoms with Crippen LogP contribution in [0.5, 0.6) is 0 Å². The molecule has 5 heteroatoms. The number of carbonyl (C=O) groups is 1. The molecule has 0 amide bonds. The molecule has 3 saturated carbocycles. The van der Waals surface area contributed by atoms with E-state index in [1.165, 1.54) is 44.0 Å². The Morgan fingerprint density at radius 1 is 0.974 bits per heavy atom. The van der Waals surface area contributed by atoms with Gasteiger partial charge in [-0.3, -0.25) is 0 Å². The number of carbonyl (C=O) groups excluding carboxylic acids is 1. The Kier molecular flexibility index (Phi) is 9.65.